The second kappa shape index (κ2) is 8.60. The van der Waals surface area contributed by atoms with Gasteiger partial charge in [0.15, 0.2) is 0 Å². The molecule has 2 saturated heterocycles. The fourth-order valence-electron chi connectivity index (χ4n) is 6.32. The van der Waals surface area contributed by atoms with Gasteiger partial charge in [-0.1, -0.05) is 42.5 Å². The molecule has 8 heteroatoms. The Kier molecular flexibility index (Phi) is 5.84. The molecule has 1 aromatic carbocycles. The Morgan fingerprint density at radius 1 is 1.00 bits per heavy atom. The monoisotopic (exact) mass is 479 g/mol. The number of likely N-dealkylation sites (tertiary alicyclic amines) is 1. The lowest BCUT2D eigenvalue weighted by Gasteiger charge is -2.38. The average Bonchev–Trinajstić information content (AvgIpc) is 3.09. The summed E-state index contributed by atoms with van der Waals surface area (Å²) in [6, 6.07) is 8.46. The summed E-state index contributed by atoms with van der Waals surface area (Å²) in [4.78, 5) is 47.1. The SMILES string of the molecule is CC(C)N1CC=C[C@]23O[C@]4(C)C=CCN(c5ccccc5)C(=O)[C@@H]4[C@H]2C(=O)N(CCCO)C3C1=O. The molecule has 35 heavy (non-hydrogen) atoms. The van der Waals surface area contributed by atoms with Crippen LogP contribution in [-0.2, 0) is 19.1 Å². The number of aliphatic hydroxyl groups is 1. The fourth-order valence-corrected chi connectivity index (χ4v) is 6.32. The van der Waals surface area contributed by atoms with Crippen LogP contribution in [0.5, 0.6) is 0 Å². The fraction of sp³-hybridized carbons (Fsp3) is 0.519. The number of hydrogen-bond donors (Lipinski definition) is 1. The largest absolute Gasteiger partial charge is 0.396 e. The Balaban J connectivity index is 1.64. The van der Waals surface area contributed by atoms with E-state index in [4.69, 9.17) is 4.74 Å². The van der Waals surface area contributed by atoms with Gasteiger partial charge in [0.2, 0.25) is 17.7 Å². The first-order valence-corrected chi connectivity index (χ1v) is 12.4. The van der Waals surface area contributed by atoms with Crippen molar-refractivity contribution in [2.75, 3.05) is 31.1 Å². The van der Waals surface area contributed by atoms with Crippen molar-refractivity contribution in [1.82, 2.24) is 9.80 Å². The van der Waals surface area contributed by atoms with Gasteiger partial charge in [0.05, 0.1) is 17.4 Å². The highest BCUT2D eigenvalue weighted by Gasteiger charge is 2.74. The Bertz CT molecular complexity index is 1090. The first kappa shape index (κ1) is 23.8. The van der Waals surface area contributed by atoms with Crippen LogP contribution < -0.4 is 4.90 Å². The highest BCUT2D eigenvalue weighted by atomic mass is 16.5. The minimum Gasteiger partial charge on any atom is -0.396 e. The lowest BCUT2D eigenvalue weighted by Crippen LogP contribution is -2.57. The van der Waals surface area contributed by atoms with E-state index in [-0.39, 0.29) is 36.9 Å². The first-order valence-electron chi connectivity index (χ1n) is 12.4. The molecular formula is C27H33N3O5. The van der Waals surface area contributed by atoms with E-state index in [1.807, 2.05) is 75.4 Å². The van der Waals surface area contributed by atoms with E-state index >= 15 is 0 Å². The van der Waals surface area contributed by atoms with Crippen molar-refractivity contribution in [3.8, 4) is 0 Å². The van der Waals surface area contributed by atoms with Gasteiger partial charge in [-0.15, -0.1) is 0 Å². The van der Waals surface area contributed by atoms with Crippen LogP contribution in [0.1, 0.15) is 27.2 Å². The van der Waals surface area contributed by atoms with Crippen LogP contribution in [0, 0.1) is 11.8 Å². The summed E-state index contributed by atoms with van der Waals surface area (Å²) >= 11 is 0. The molecule has 2 fully saturated rings. The van der Waals surface area contributed by atoms with Crippen molar-refractivity contribution in [3.63, 3.8) is 0 Å². The van der Waals surface area contributed by atoms with Gasteiger partial charge in [-0.2, -0.15) is 0 Å². The number of aliphatic hydroxyl groups excluding tert-OH is 1. The van der Waals surface area contributed by atoms with Crippen molar-refractivity contribution in [3.05, 3.63) is 54.6 Å². The van der Waals surface area contributed by atoms with E-state index in [0.29, 0.717) is 19.5 Å². The molecule has 5 rings (SSSR count). The summed E-state index contributed by atoms with van der Waals surface area (Å²) in [5.74, 6) is -2.27. The van der Waals surface area contributed by atoms with E-state index in [0.717, 1.165) is 5.69 Å². The van der Waals surface area contributed by atoms with Crippen molar-refractivity contribution >= 4 is 23.4 Å². The molecule has 0 aliphatic carbocycles. The Labute approximate surface area is 205 Å². The van der Waals surface area contributed by atoms with Gasteiger partial charge >= 0.3 is 0 Å². The molecule has 4 heterocycles. The maximum atomic E-state index is 14.1. The zero-order valence-corrected chi connectivity index (χ0v) is 20.5. The van der Waals surface area contributed by atoms with E-state index < -0.39 is 29.1 Å². The number of carbonyl (C=O) groups is 3. The van der Waals surface area contributed by atoms with Crippen molar-refractivity contribution in [1.29, 1.82) is 0 Å². The van der Waals surface area contributed by atoms with E-state index in [1.54, 1.807) is 14.7 Å². The summed E-state index contributed by atoms with van der Waals surface area (Å²) in [7, 11) is 0. The van der Waals surface area contributed by atoms with E-state index in [9.17, 15) is 19.5 Å². The zero-order valence-electron chi connectivity index (χ0n) is 20.5. The number of benzene rings is 1. The minimum atomic E-state index is -1.26. The standard InChI is InChI=1S/C27H33N3O5/c1-18(2)28-14-8-13-27-21(24(33)30(16-9-17-31)22(27)25(28)34)20-23(32)29(19-10-5-4-6-11-19)15-7-12-26(20,3)35-27/h4-8,10-13,18,20-22,31H,9,14-17H2,1-3H3/t20-,21-,22?,26+,27-/m0/s1. The second-order valence-electron chi connectivity index (χ2n) is 10.3. The van der Waals surface area contributed by atoms with Gasteiger partial charge in [-0.05, 0) is 39.3 Å². The normalized spacial score (nSPS) is 34.3. The predicted octanol–water partition coefficient (Wildman–Crippen LogP) is 1.75. The average molecular weight is 480 g/mol. The summed E-state index contributed by atoms with van der Waals surface area (Å²) in [5.41, 5.74) is -1.54. The number of hydrogen-bond acceptors (Lipinski definition) is 5. The minimum absolute atomic E-state index is 0.0614. The van der Waals surface area contributed by atoms with Crippen LogP contribution in [0.4, 0.5) is 5.69 Å². The molecule has 1 aromatic rings. The number of ether oxygens (including phenoxy) is 1. The molecule has 1 unspecified atom stereocenters. The predicted molar refractivity (Wildman–Crippen MR) is 130 cm³/mol. The van der Waals surface area contributed by atoms with Gasteiger partial charge < -0.3 is 24.5 Å². The second-order valence-corrected chi connectivity index (χ2v) is 10.3. The molecule has 8 nitrogen and oxygen atoms in total. The number of fused-ring (bicyclic) bond motifs is 2. The summed E-state index contributed by atoms with van der Waals surface area (Å²) in [5, 5.41) is 9.49. The van der Waals surface area contributed by atoms with Crippen LogP contribution in [0.2, 0.25) is 0 Å². The van der Waals surface area contributed by atoms with Crippen LogP contribution in [0.15, 0.2) is 54.6 Å². The maximum Gasteiger partial charge on any atom is 0.249 e. The third-order valence-corrected chi connectivity index (χ3v) is 7.84. The van der Waals surface area contributed by atoms with Gasteiger partial charge in [-0.3, -0.25) is 14.4 Å². The molecule has 1 spiro atoms. The summed E-state index contributed by atoms with van der Waals surface area (Å²) < 4.78 is 6.77. The Hall–Kier alpha value is -2.97. The third kappa shape index (κ3) is 3.45. The smallest absolute Gasteiger partial charge is 0.249 e. The molecule has 0 bridgehead atoms. The van der Waals surface area contributed by atoms with Gasteiger partial charge in [0.1, 0.15) is 11.6 Å². The molecule has 4 aliphatic rings. The Morgan fingerprint density at radius 3 is 2.40 bits per heavy atom. The summed E-state index contributed by atoms with van der Waals surface area (Å²) in [6.07, 6.45) is 7.89. The number of para-hydroxylation sites is 1. The maximum absolute atomic E-state index is 14.1. The lowest BCUT2D eigenvalue weighted by molar-refractivity contribution is -0.152. The number of amides is 3. The van der Waals surface area contributed by atoms with Crippen LogP contribution in [0.25, 0.3) is 0 Å². The Morgan fingerprint density at radius 2 is 1.71 bits per heavy atom. The molecule has 0 aromatic heterocycles. The highest BCUT2D eigenvalue weighted by molar-refractivity contribution is 6.04. The molecule has 186 valence electrons. The highest BCUT2D eigenvalue weighted by Crippen LogP contribution is 2.57. The molecule has 1 N–H and O–H groups in total. The van der Waals surface area contributed by atoms with Gasteiger partial charge in [0.25, 0.3) is 0 Å². The van der Waals surface area contributed by atoms with Crippen molar-refractivity contribution in [2.45, 2.75) is 50.5 Å². The molecule has 0 saturated carbocycles. The third-order valence-electron chi connectivity index (χ3n) is 7.84. The van der Waals surface area contributed by atoms with Crippen molar-refractivity contribution < 1.29 is 24.2 Å². The topological polar surface area (TPSA) is 90.4 Å². The first-order chi connectivity index (χ1) is 16.7. The van der Waals surface area contributed by atoms with Gasteiger partial charge in [0, 0.05) is 38.0 Å². The lowest BCUT2D eigenvalue weighted by atomic mass is 9.74. The van der Waals surface area contributed by atoms with Crippen LogP contribution in [0.3, 0.4) is 0 Å². The van der Waals surface area contributed by atoms with Crippen molar-refractivity contribution in [2.24, 2.45) is 11.8 Å². The van der Waals surface area contributed by atoms with Crippen LogP contribution in [-0.4, -0.2) is 82.2 Å². The number of anilines is 1. The van der Waals surface area contributed by atoms with Gasteiger partial charge in [-0.25, -0.2) is 0 Å². The zero-order chi connectivity index (χ0) is 25.0. The molecule has 5 atom stereocenters. The number of nitrogens with zero attached hydrogens (tertiary/aromatic N) is 3. The molecular weight excluding hydrogens is 446 g/mol. The van der Waals surface area contributed by atoms with E-state index in [2.05, 4.69) is 0 Å². The summed E-state index contributed by atoms with van der Waals surface area (Å²) in [6.45, 7) is 6.65. The van der Waals surface area contributed by atoms with E-state index in [1.165, 1.54) is 0 Å². The quantitative estimate of drug-likeness (QED) is 0.650. The molecule has 0 radical (unpaired) electrons. The number of rotatable bonds is 5. The molecule has 4 aliphatic heterocycles. The number of carbonyl (C=O) groups excluding carboxylic acids is 3. The molecule has 3 amide bonds. The van der Waals surface area contributed by atoms with Crippen LogP contribution >= 0.6 is 0 Å².